The number of aryl methyl sites for hydroxylation is 1. The molecule has 1 aromatic heterocycles. The standard InChI is InChI=1S/C35H34N4O8S2.3Na/c1-3-8-32-30(34(40)38(36-32)26-14-18-28(19-15-26)48(42,43)44)22-12-25(24-10-6-5-7-11-24)13-23-31-33(9-4-2)37-39(35(31)41)27-16-20-29(21-17-27)49(45,46)47;;;/h5-7,10-23,40H,3-4,8-9H2,1-2H3,(H,42,43,44)(H,45,46,47);;;/q;3*+1/p-3/b22-12+,25-13-,31-23+;;;. The number of carbonyl (C=O) groups excluding carboxylic acids is 1. The second kappa shape index (κ2) is 20.0. The van der Waals surface area contributed by atoms with E-state index < -0.39 is 41.8 Å². The van der Waals surface area contributed by atoms with Crippen molar-refractivity contribution in [2.24, 2.45) is 5.10 Å². The van der Waals surface area contributed by atoms with E-state index in [1.54, 1.807) is 24.3 Å². The zero-order valence-electron chi connectivity index (χ0n) is 29.5. The van der Waals surface area contributed by atoms with Crippen LogP contribution in [0.2, 0.25) is 0 Å². The maximum atomic E-state index is 13.6. The number of aromatic nitrogens is 2. The summed E-state index contributed by atoms with van der Waals surface area (Å²) in [6.07, 6.45) is 9.19. The van der Waals surface area contributed by atoms with Crippen molar-refractivity contribution >= 4 is 49.2 Å². The number of hydrazone groups is 1. The molecule has 0 unspecified atom stereocenters. The molecule has 1 aliphatic rings. The third kappa shape index (κ3) is 11.0. The molecule has 52 heavy (non-hydrogen) atoms. The summed E-state index contributed by atoms with van der Waals surface area (Å²) in [6, 6.07) is 19.2. The maximum Gasteiger partial charge on any atom is 1.00 e. The van der Waals surface area contributed by atoms with Gasteiger partial charge in [0.05, 0.1) is 38.1 Å². The molecule has 1 amide bonds. The van der Waals surface area contributed by atoms with E-state index in [0.717, 1.165) is 39.5 Å². The minimum atomic E-state index is -4.66. The Kier molecular flexibility index (Phi) is 17.7. The molecule has 3 aromatic carbocycles. The number of anilines is 1. The average Bonchev–Trinajstić information content (AvgIpc) is 3.55. The van der Waals surface area contributed by atoms with Gasteiger partial charge in [0.15, 0.2) is 0 Å². The summed E-state index contributed by atoms with van der Waals surface area (Å²) in [6.45, 7) is 3.90. The maximum absolute atomic E-state index is 13.6. The van der Waals surface area contributed by atoms with Crippen molar-refractivity contribution in [2.45, 2.75) is 49.3 Å². The molecule has 0 atom stereocenters. The fourth-order valence-corrected chi connectivity index (χ4v) is 6.11. The SMILES string of the molecule is CCCC1=NN(c2ccc(S(=O)(=O)[O-])cc2)C(=O)/C1=C/C=C(/C=C/c1c(CCC)nn(-c2ccc(S(=O)(=O)[O-])cc2)c1[O-])c1ccccc1.[Na+].[Na+].[Na+]. The molecule has 4 aromatic rings. The van der Waals surface area contributed by atoms with E-state index in [2.05, 4.69) is 10.2 Å². The van der Waals surface area contributed by atoms with Crippen LogP contribution < -0.4 is 98.8 Å². The molecule has 0 aliphatic carbocycles. The Morgan fingerprint density at radius 3 is 1.83 bits per heavy atom. The molecule has 0 saturated heterocycles. The fraction of sp³-hybridized carbons (Fsp3) is 0.171. The van der Waals surface area contributed by atoms with Gasteiger partial charge in [0, 0.05) is 5.56 Å². The van der Waals surface area contributed by atoms with Crippen molar-refractivity contribution in [3.05, 3.63) is 119 Å². The largest absolute Gasteiger partial charge is 1.00 e. The van der Waals surface area contributed by atoms with E-state index in [1.165, 1.54) is 24.3 Å². The summed E-state index contributed by atoms with van der Waals surface area (Å²) in [5.41, 5.74) is 3.79. The quantitative estimate of drug-likeness (QED) is 0.0599. The van der Waals surface area contributed by atoms with Crippen LogP contribution >= 0.6 is 0 Å². The van der Waals surface area contributed by atoms with Gasteiger partial charge in [-0.3, -0.25) is 4.79 Å². The Balaban J connectivity index is 0.00000312. The van der Waals surface area contributed by atoms with Crippen molar-refractivity contribution in [3.8, 4) is 11.6 Å². The molecule has 0 fully saturated rings. The molecule has 0 radical (unpaired) electrons. The summed E-state index contributed by atoms with van der Waals surface area (Å²) in [4.78, 5) is 12.8. The van der Waals surface area contributed by atoms with E-state index in [4.69, 9.17) is 0 Å². The number of amides is 1. The van der Waals surface area contributed by atoms with Crippen LogP contribution in [0, 0.1) is 0 Å². The molecule has 0 saturated carbocycles. The molecule has 1 aliphatic heterocycles. The summed E-state index contributed by atoms with van der Waals surface area (Å²) < 4.78 is 69.4. The Bertz CT molecular complexity index is 2220. The van der Waals surface area contributed by atoms with E-state index >= 15 is 0 Å². The van der Waals surface area contributed by atoms with Gasteiger partial charge in [-0.2, -0.15) is 15.2 Å². The van der Waals surface area contributed by atoms with E-state index in [1.807, 2.05) is 44.2 Å². The molecule has 0 N–H and O–H groups in total. The summed E-state index contributed by atoms with van der Waals surface area (Å²) in [7, 11) is -9.31. The second-order valence-corrected chi connectivity index (χ2v) is 13.8. The fourth-order valence-electron chi connectivity index (χ4n) is 5.18. The molecule has 2 heterocycles. The van der Waals surface area contributed by atoms with E-state index in [-0.39, 0.29) is 88.7 Å². The number of hydrogen-bond acceptors (Lipinski definition) is 10. The molecular weight excluding hydrogens is 738 g/mol. The minimum Gasteiger partial charge on any atom is -0.858 e. The van der Waals surface area contributed by atoms with Crippen LogP contribution in [0.1, 0.15) is 49.9 Å². The van der Waals surface area contributed by atoms with Crippen LogP contribution in [0.25, 0.3) is 17.3 Å². The van der Waals surface area contributed by atoms with Gasteiger partial charge in [0.1, 0.15) is 20.2 Å². The van der Waals surface area contributed by atoms with Crippen molar-refractivity contribution in [1.82, 2.24) is 9.78 Å². The zero-order valence-corrected chi connectivity index (χ0v) is 37.1. The summed E-state index contributed by atoms with van der Waals surface area (Å²) in [5.74, 6) is -0.865. The Morgan fingerprint density at radius 1 is 0.769 bits per heavy atom. The first kappa shape index (κ1) is 46.0. The van der Waals surface area contributed by atoms with E-state index in [0.29, 0.717) is 65.2 Å². The van der Waals surface area contributed by atoms with Crippen molar-refractivity contribution in [2.75, 3.05) is 5.01 Å². The van der Waals surface area contributed by atoms with Gasteiger partial charge in [-0.25, -0.2) is 21.5 Å². The first-order valence-electron chi connectivity index (χ1n) is 15.3. The molecule has 12 nitrogen and oxygen atoms in total. The third-order valence-electron chi connectivity index (χ3n) is 7.59. The number of allylic oxidation sites excluding steroid dienone is 4. The molecule has 254 valence electrons. The van der Waals surface area contributed by atoms with Crippen molar-refractivity contribution in [3.63, 3.8) is 0 Å². The van der Waals surface area contributed by atoms with Crippen molar-refractivity contribution in [1.29, 1.82) is 0 Å². The number of benzene rings is 3. The Hall–Kier alpha value is -2.15. The molecule has 0 spiro atoms. The van der Waals surface area contributed by atoms with Gasteiger partial charge < -0.3 is 14.2 Å². The predicted octanol–water partition coefficient (Wildman–Crippen LogP) is -4.06. The van der Waals surface area contributed by atoms with Crippen LogP contribution in [-0.2, 0) is 31.5 Å². The van der Waals surface area contributed by atoms with Gasteiger partial charge in [0.2, 0.25) is 0 Å². The average molecular weight is 769 g/mol. The topological polar surface area (TPSA) is 188 Å². The van der Waals surface area contributed by atoms with Gasteiger partial charge in [-0.15, -0.1) is 0 Å². The zero-order chi connectivity index (χ0) is 35.3. The smallest absolute Gasteiger partial charge is 0.858 e. The first-order valence-corrected chi connectivity index (χ1v) is 18.1. The molecule has 17 heteroatoms. The van der Waals surface area contributed by atoms with Crippen LogP contribution in [0.15, 0.2) is 118 Å². The van der Waals surface area contributed by atoms with Gasteiger partial charge >= 0.3 is 88.7 Å². The second-order valence-electron chi connectivity index (χ2n) is 11.0. The summed E-state index contributed by atoms with van der Waals surface area (Å²) >= 11 is 0. The minimum absolute atomic E-state index is 0. The molecular formula is C35H31N4Na3O8S2. The monoisotopic (exact) mass is 768 g/mol. The van der Waals surface area contributed by atoms with Crippen LogP contribution in [0.5, 0.6) is 5.88 Å². The third-order valence-corrected chi connectivity index (χ3v) is 9.29. The van der Waals surface area contributed by atoms with Gasteiger partial charge in [-0.1, -0.05) is 75.2 Å². The molecule has 5 rings (SSSR count). The normalized spacial score (nSPS) is 14.2. The number of carbonyl (C=O) groups is 1. The Labute approximate surface area is 369 Å². The van der Waals surface area contributed by atoms with Gasteiger partial charge in [0.25, 0.3) is 5.91 Å². The van der Waals surface area contributed by atoms with Crippen LogP contribution in [0.3, 0.4) is 0 Å². The Morgan fingerprint density at radius 2 is 1.31 bits per heavy atom. The molecule has 0 bridgehead atoms. The van der Waals surface area contributed by atoms with Crippen LogP contribution in [-0.4, -0.2) is 47.3 Å². The number of rotatable bonds is 12. The number of nitrogens with zero attached hydrogens (tertiary/aromatic N) is 4. The predicted molar refractivity (Wildman–Crippen MR) is 181 cm³/mol. The van der Waals surface area contributed by atoms with Crippen LogP contribution in [0.4, 0.5) is 5.69 Å². The van der Waals surface area contributed by atoms with Gasteiger partial charge in [-0.05, 0) is 84.5 Å². The first-order chi connectivity index (χ1) is 23.3. The summed E-state index contributed by atoms with van der Waals surface area (Å²) in [5, 5.41) is 23.7. The number of hydrogen-bond donors (Lipinski definition) is 0. The van der Waals surface area contributed by atoms with Crippen molar-refractivity contribution < 1.29 is 125 Å². The van der Waals surface area contributed by atoms with E-state index in [9.17, 15) is 35.8 Å².